The molecule has 0 heterocycles. The van der Waals surface area contributed by atoms with E-state index in [1.54, 1.807) is 0 Å². The van der Waals surface area contributed by atoms with Gasteiger partial charge in [0.15, 0.2) is 18.1 Å². The van der Waals surface area contributed by atoms with E-state index < -0.39 is 5.97 Å². The van der Waals surface area contributed by atoms with Gasteiger partial charge in [0.05, 0.1) is 19.6 Å². The van der Waals surface area contributed by atoms with Gasteiger partial charge in [0.1, 0.15) is 5.82 Å². The van der Waals surface area contributed by atoms with Gasteiger partial charge in [0, 0.05) is 6.54 Å². The van der Waals surface area contributed by atoms with Crippen molar-refractivity contribution in [3.8, 4) is 11.5 Å². The highest BCUT2D eigenvalue weighted by atomic mass is 19.1. The van der Waals surface area contributed by atoms with Gasteiger partial charge in [-0.15, -0.1) is 0 Å². The fourth-order valence-corrected chi connectivity index (χ4v) is 2.61. The van der Waals surface area contributed by atoms with Crippen molar-refractivity contribution < 1.29 is 28.2 Å². The van der Waals surface area contributed by atoms with E-state index in [1.165, 1.54) is 24.3 Å². The van der Waals surface area contributed by atoms with Crippen LogP contribution in [0.5, 0.6) is 11.5 Å². The highest BCUT2D eigenvalue weighted by Crippen LogP contribution is 2.28. The topological polar surface area (TPSA) is 73.9 Å². The smallest absolute Gasteiger partial charge is 0.310 e. The number of ether oxygens (including phenoxy) is 3. The minimum Gasteiger partial charge on any atom is -0.490 e. The molecule has 0 aliphatic carbocycles. The maximum Gasteiger partial charge on any atom is 0.310 e. The van der Waals surface area contributed by atoms with Gasteiger partial charge in [-0.25, -0.2) is 4.39 Å². The molecule has 0 atom stereocenters. The number of nitrogens with one attached hydrogen (secondary N) is 1. The van der Waals surface area contributed by atoms with E-state index in [-0.39, 0.29) is 24.8 Å². The van der Waals surface area contributed by atoms with E-state index in [4.69, 9.17) is 14.2 Å². The molecular formula is C22H26FNO5. The van der Waals surface area contributed by atoms with E-state index in [2.05, 4.69) is 5.32 Å². The molecule has 0 saturated heterocycles. The third-order valence-electron chi connectivity index (χ3n) is 3.97. The number of hydrogen-bond donors (Lipinski definition) is 1. The van der Waals surface area contributed by atoms with Crippen LogP contribution in [0.2, 0.25) is 0 Å². The average molecular weight is 403 g/mol. The summed E-state index contributed by atoms with van der Waals surface area (Å²) in [7, 11) is 0. The Kier molecular flexibility index (Phi) is 8.95. The number of rotatable bonds is 11. The van der Waals surface area contributed by atoms with Gasteiger partial charge in [-0.05, 0) is 55.7 Å². The lowest BCUT2D eigenvalue weighted by atomic mass is 10.1. The standard InChI is InChI=1S/C22H26FNO5/c1-3-27-19-10-7-17(13-20(19)28-4-2)11-12-24-21(25)15-29-22(26)14-16-5-8-18(23)9-6-16/h5-10,13H,3-4,11-12,14-15H2,1-2H3,(H,24,25). The van der Waals surface area contributed by atoms with Gasteiger partial charge in [-0.3, -0.25) is 9.59 Å². The molecule has 2 aromatic rings. The lowest BCUT2D eigenvalue weighted by Gasteiger charge is -2.12. The molecule has 0 fully saturated rings. The van der Waals surface area contributed by atoms with E-state index in [1.807, 2.05) is 32.0 Å². The summed E-state index contributed by atoms with van der Waals surface area (Å²) in [6.45, 7) is 4.94. The van der Waals surface area contributed by atoms with Crippen LogP contribution >= 0.6 is 0 Å². The first-order valence-electron chi connectivity index (χ1n) is 9.57. The van der Waals surface area contributed by atoms with Crippen molar-refractivity contribution >= 4 is 11.9 Å². The number of esters is 1. The van der Waals surface area contributed by atoms with Gasteiger partial charge < -0.3 is 19.5 Å². The Morgan fingerprint density at radius 2 is 1.59 bits per heavy atom. The van der Waals surface area contributed by atoms with Crippen LogP contribution in [0.15, 0.2) is 42.5 Å². The summed E-state index contributed by atoms with van der Waals surface area (Å²) < 4.78 is 28.9. The number of carbonyl (C=O) groups is 2. The maximum atomic E-state index is 12.9. The maximum absolute atomic E-state index is 12.9. The average Bonchev–Trinajstić information content (AvgIpc) is 2.70. The Bertz CT molecular complexity index is 807. The van der Waals surface area contributed by atoms with Crippen LogP contribution in [0.3, 0.4) is 0 Å². The Labute approximate surface area is 170 Å². The monoisotopic (exact) mass is 403 g/mol. The lowest BCUT2D eigenvalue weighted by molar-refractivity contribution is -0.147. The predicted octanol–water partition coefficient (Wildman–Crippen LogP) is 3.07. The number of hydrogen-bond acceptors (Lipinski definition) is 5. The van der Waals surface area contributed by atoms with Crippen LogP contribution < -0.4 is 14.8 Å². The molecule has 156 valence electrons. The third-order valence-corrected chi connectivity index (χ3v) is 3.97. The molecule has 0 bridgehead atoms. The summed E-state index contributed by atoms with van der Waals surface area (Å²) in [6, 6.07) is 11.2. The fraction of sp³-hybridized carbons (Fsp3) is 0.364. The molecule has 6 nitrogen and oxygen atoms in total. The molecule has 29 heavy (non-hydrogen) atoms. The molecule has 0 aromatic heterocycles. The number of amides is 1. The summed E-state index contributed by atoms with van der Waals surface area (Å²) in [5.74, 6) is 0.0681. The summed E-state index contributed by atoms with van der Waals surface area (Å²) in [6.07, 6.45) is 0.585. The molecule has 7 heteroatoms. The quantitative estimate of drug-likeness (QED) is 0.584. The Morgan fingerprint density at radius 3 is 2.28 bits per heavy atom. The third kappa shape index (κ3) is 7.81. The highest BCUT2D eigenvalue weighted by Gasteiger charge is 2.10. The zero-order valence-electron chi connectivity index (χ0n) is 16.7. The summed E-state index contributed by atoms with van der Waals surface area (Å²) in [4.78, 5) is 23.6. The van der Waals surface area contributed by atoms with Gasteiger partial charge in [0.25, 0.3) is 5.91 Å². The van der Waals surface area contributed by atoms with Crippen molar-refractivity contribution in [3.05, 3.63) is 59.4 Å². The molecule has 0 radical (unpaired) electrons. The van der Waals surface area contributed by atoms with Crippen molar-refractivity contribution in [3.63, 3.8) is 0 Å². The van der Waals surface area contributed by atoms with E-state index >= 15 is 0 Å². The van der Waals surface area contributed by atoms with E-state index in [0.29, 0.717) is 43.2 Å². The van der Waals surface area contributed by atoms with Gasteiger partial charge >= 0.3 is 5.97 Å². The summed E-state index contributed by atoms with van der Waals surface area (Å²) >= 11 is 0. The van der Waals surface area contributed by atoms with Crippen LogP contribution in [-0.2, 0) is 27.2 Å². The van der Waals surface area contributed by atoms with Crippen molar-refractivity contribution in [2.45, 2.75) is 26.7 Å². The molecule has 0 unspecified atom stereocenters. The molecule has 0 aliphatic heterocycles. The molecule has 1 N–H and O–H groups in total. The molecule has 0 saturated carbocycles. The van der Waals surface area contributed by atoms with Gasteiger partial charge in [-0.2, -0.15) is 0 Å². The van der Waals surface area contributed by atoms with Crippen LogP contribution in [0.25, 0.3) is 0 Å². The zero-order chi connectivity index (χ0) is 21.1. The largest absolute Gasteiger partial charge is 0.490 e. The number of carbonyl (C=O) groups excluding carboxylic acids is 2. The van der Waals surface area contributed by atoms with Gasteiger partial charge in [0.2, 0.25) is 0 Å². The van der Waals surface area contributed by atoms with E-state index in [9.17, 15) is 14.0 Å². The zero-order valence-corrected chi connectivity index (χ0v) is 16.7. The Hall–Kier alpha value is -3.09. The molecular weight excluding hydrogens is 377 g/mol. The second-order valence-corrected chi connectivity index (χ2v) is 6.21. The van der Waals surface area contributed by atoms with E-state index in [0.717, 1.165) is 5.56 Å². The van der Waals surface area contributed by atoms with Crippen LogP contribution in [0.4, 0.5) is 4.39 Å². The molecule has 0 aliphatic rings. The minimum atomic E-state index is -0.542. The van der Waals surface area contributed by atoms with Crippen molar-refractivity contribution in [1.82, 2.24) is 5.32 Å². The minimum absolute atomic E-state index is 0.0139. The second-order valence-electron chi connectivity index (χ2n) is 6.21. The lowest BCUT2D eigenvalue weighted by Crippen LogP contribution is -2.30. The SMILES string of the molecule is CCOc1ccc(CCNC(=O)COC(=O)Cc2ccc(F)cc2)cc1OCC. The number of benzene rings is 2. The van der Waals surface area contributed by atoms with Crippen LogP contribution in [0.1, 0.15) is 25.0 Å². The Balaban J connectivity index is 1.73. The second kappa shape index (κ2) is 11.7. The van der Waals surface area contributed by atoms with Crippen LogP contribution in [0, 0.1) is 5.82 Å². The first-order valence-corrected chi connectivity index (χ1v) is 9.57. The van der Waals surface area contributed by atoms with Gasteiger partial charge in [-0.1, -0.05) is 18.2 Å². The molecule has 1 amide bonds. The summed E-state index contributed by atoms with van der Waals surface area (Å²) in [5, 5.41) is 2.71. The molecule has 2 rings (SSSR count). The predicted molar refractivity (Wildman–Crippen MR) is 107 cm³/mol. The molecule has 2 aromatic carbocycles. The molecule has 0 spiro atoms. The first-order chi connectivity index (χ1) is 14.0. The number of halogens is 1. The summed E-state index contributed by atoms with van der Waals surface area (Å²) in [5.41, 5.74) is 1.61. The Morgan fingerprint density at radius 1 is 0.931 bits per heavy atom. The normalized spacial score (nSPS) is 10.3. The fourth-order valence-electron chi connectivity index (χ4n) is 2.61. The highest BCUT2D eigenvalue weighted by molar-refractivity contribution is 5.81. The van der Waals surface area contributed by atoms with Crippen LogP contribution in [-0.4, -0.2) is 38.2 Å². The first kappa shape index (κ1) is 22.2. The van der Waals surface area contributed by atoms with Crippen molar-refractivity contribution in [1.29, 1.82) is 0 Å². The van der Waals surface area contributed by atoms with Crippen molar-refractivity contribution in [2.75, 3.05) is 26.4 Å². The van der Waals surface area contributed by atoms with Crippen molar-refractivity contribution in [2.24, 2.45) is 0 Å².